The van der Waals surface area contributed by atoms with Gasteiger partial charge in [0.2, 0.25) is 0 Å². The van der Waals surface area contributed by atoms with Crippen molar-refractivity contribution in [3.05, 3.63) is 22.2 Å². The molecule has 84 valence electrons. The summed E-state index contributed by atoms with van der Waals surface area (Å²) < 4.78 is 5.02. The van der Waals surface area contributed by atoms with E-state index >= 15 is 0 Å². The summed E-state index contributed by atoms with van der Waals surface area (Å²) in [6.07, 6.45) is 0.763. The van der Waals surface area contributed by atoms with Gasteiger partial charge in [-0.25, -0.2) is 9.97 Å². The predicted molar refractivity (Wildman–Crippen MR) is 61.4 cm³/mol. The van der Waals surface area contributed by atoms with E-state index < -0.39 is 0 Å². The van der Waals surface area contributed by atoms with Crippen LogP contribution in [0, 0.1) is 6.92 Å². The molecule has 0 radical (unpaired) electrons. The fraction of sp³-hybridized carbons (Fsp3) is 0.636. The molecule has 1 heterocycles. The van der Waals surface area contributed by atoms with Crippen molar-refractivity contribution in [1.82, 2.24) is 9.97 Å². The Labute approximate surface area is 95.8 Å². The lowest BCUT2D eigenvalue weighted by atomic mass is 10.1. The summed E-state index contributed by atoms with van der Waals surface area (Å²) in [4.78, 5) is 8.72. The molecule has 3 nitrogen and oxygen atoms in total. The maximum atomic E-state index is 6.11. The molecule has 0 atom stereocenters. The third kappa shape index (κ3) is 3.14. The Hall–Kier alpha value is -0.670. The van der Waals surface area contributed by atoms with Crippen molar-refractivity contribution in [2.45, 2.75) is 33.1 Å². The number of ether oxygens (including phenoxy) is 1. The van der Waals surface area contributed by atoms with Gasteiger partial charge in [-0.1, -0.05) is 25.4 Å². The number of methoxy groups -OCH3 is 1. The van der Waals surface area contributed by atoms with Crippen LogP contribution >= 0.6 is 11.6 Å². The third-order valence-corrected chi connectivity index (χ3v) is 2.57. The van der Waals surface area contributed by atoms with E-state index in [1.54, 1.807) is 7.11 Å². The van der Waals surface area contributed by atoms with Crippen LogP contribution in [0.1, 0.15) is 36.8 Å². The molecular formula is C11H17ClN2O. The number of hydrogen-bond donors (Lipinski definition) is 0. The second-order valence-electron chi connectivity index (χ2n) is 3.83. The summed E-state index contributed by atoms with van der Waals surface area (Å²) >= 11 is 6.11. The molecule has 0 aromatic carbocycles. The molecule has 1 aromatic rings. The second kappa shape index (κ2) is 5.42. The van der Waals surface area contributed by atoms with Gasteiger partial charge in [0.1, 0.15) is 11.0 Å². The Kier molecular flexibility index (Phi) is 4.48. The number of halogens is 1. The van der Waals surface area contributed by atoms with E-state index in [1.165, 1.54) is 0 Å². The van der Waals surface area contributed by atoms with Gasteiger partial charge in [-0.05, 0) is 6.92 Å². The monoisotopic (exact) mass is 228 g/mol. The number of hydrogen-bond acceptors (Lipinski definition) is 3. The average molecular weight is 229 g/mol. The van der Waals surface area contributed by atoms with Crippen LogP contribution in [0.3, 0.4) is 0 Å². The van der Waals surface area contributed by atoms with Crippen molar-refractivity contribution in [2.75, 3.05) is 13.7 Å². The summed E-state index contributed by atoms with van der Waals surface area (Å²) in [6, 6.07) is 0. The standard InChI is InChI=1S/C11H17ClN2O/c1-7(2)11-13-8(3)9(5-6-15-4)10(12)14-11/h7H,5-6H2,1-4H3. The summed E-state index contributed by atoms with van der Waals surface area (Å²) in [5, 5.41) is 0.559. The Morgan fingerprint density at radius 1 is 1.33 bits per heavy atom. The molecule has 1 rings (SSSR count). The first-order valence-electron chi connectivity index (χ1n) is 5.08. The minimum absolute atomic E-state index is 0.303. The Morgan fingerprint density at radius 2 is 2.00 bits per heavy atom. The first-order chi connectivity index (χ1) is 7.06. The molecule has 15 heavy (non-hydrogen) atoms. The zero-order valence-corrected chi connectivity index (χ0v) is 10.4. The van der Waals surface area contributed by atoms with E-state index in [-0.39, 0.29) is 0 Å². The lowest BCUT2D eigenvalue weighted by Gasteiger charge is -2.10. The van der Waals surface area contributed by atoms with Crippen molar-refractivity contribution >= 4 is 11.6 Å². The molecule has 0 N–H and O–H groups in total. The highest BCUT2D eigenvalue weighted by Gasteiger charge is 2.11. The smallest absolute Gasteiger partial charge is 0.136 e. The van der Waals surface area contributed by atoms with Gasteiger partial charge in [0.15, 0.2) is 0 Å². The van der Waals surface area contributed by atoms with E-state index in [0.717, 1.165) is 23.5 Å². The second-order valence-corrected chi connectivity index (χ2v) is 4.19. The van der Waals surface area contributed by atoms with Gasteiger partial charge in [0.05, 0.1) is 6.61 Å². The fourth-order valence-corrected chi connectivity index (χ4v) is 1.65. The normalized spacial score (nSPS) is 11.1. The van der Waals surface area contributed by atoms with Gasteiger partial charge >= 0.3 is 0 Å². The van der Waals surface area contributed by atoms with Crippen LogP contribution in [0.4, 0.5) is 0 Å². The summed E-state index contributed by atoms with van der Waals surface area (Å²) in [7, 11) is 1.67. The largest absolute Gasteiger partial charge is 0.384 e. The average Bonchev–Trinajstić information content (AvgIpc) is 2.16. The maximum Gasteiger partial charge on any atom is 0.136 e. The first kappa shape index (κ1) is 12.4. The van der Waals surface area contributed by atoms with E-state index in [2.05, 4.69) is 23.8 Å². The van der Waals surface area contributed by atoms with Gasteiger partial charge in [-0.3, -0.25) is 0 Å². The topological polar surface area (TPSA) is 35.0 Å². The molecule has 0 spiro atoms. The molecule has 0 amide bonds. The lowest BCUT2D eigenvalue weighted by molar-refractivity contribution is 0.202. The molecule has 0 aliphatic carbocycles. The van der Waals surface area contributed by atoms with Gasteiger partial charge in [-0.15, -0.1) is 0 Å². The van der Waals surface area contributed by atoms with Crippen LogP contribution in [0.25, 0.3) is 0 Å². The van der Waals surface area contributed by atoms with Crippen molar-refractivity contribution in [3.8, 4) is 0 Å². The third-order valence-electron chi connectivity index (χ3n) is 2.25. The Balaban J connectivity index is 2.99. The summed E-state index contributed by atoms with van der Waals surface area (Å²) in [5.74, 6) is 1.11. The highest BCUT2D eigenvalue weighted by atomic mass is 35.5. The zero-order valence-electron chi connectivity index (χ0n) is 9.67. The van der Waals surface area contributed by atoms with Gasteiger partial charge < -0.3 is 4.74 Å². The zero-order chi connectivity index (χ0) is 11.4. The minimum atomic E-state index is 0.303. The number of aryl methyl sites for hydroxylation is 1. The highest BCUT2D eigenvalue weighted by Crippen LogP contribution is 2.20. The summed E-state index contributed by atoms with van der Waals surface area (Å²) in [5.41, 5.74) is 1.94. The van der Waals surface area contributed by atoms with E-state index in [9.17, 15) is 0 Å². The SMILES string of the molecule is COCCc1c(C)nc(C(C)C)nc1Cl. The molecule has 0 saturated carbocycles. The quantitative estimate of drug-likeness (QED) is 0.744. The van der Waals surface area contributed by atoms with Crippen molar-refractivity contribution in [2.24, 2.45) is 0 Å². The maximum absolute atomic E-state index is 6.11. The van der Waals surface area contributed by atoms with Gasteiger partial charge in [0.25, 0.3) is 0 Å². The number of nitrogens with zero attached hydrogens (tertiary/aromatic N) is 2. The molecular weight excluding hydrogens is 212 g/mol. The Morgan fingerprint density at radius 3 is 2.47 bits per heavy atom. The van der Waals surface area contributed by atoms with Crippen LogP contribution in [-0.4, -0.2) is 23.7 Å². The van der Waals surface area contributed by atoms with Crippen molar-refractivity contribution < 1.29 is 4.74 Å². The molecule has 0 saturated heterocycles. The highest BCUT2D eigenvalue weighted by molar-refractivity contribution is 6.30. The predicted octanol–water partition coefficient (Wildman–Crippen LogP) is 2.75. The fourth-order valence-electron chi connectivity index (χ4n) is 1.33. The number of aromatic nitrogens is 2. The van der Waals surface area contributed by atoms with Crippen LogP contribution in [0.2, 0.25) is 5.15 Å². The van der Waals surface area contributed by atoms with E-state index in [4.69, 9.17) is 16.3 Å². The molecule has 4 heteroatoms. The van der Waals surface area contributed by atoms with Crippen LogP contribution in [0.5, 0.6) is 0 Å². The van der Waals surface area contributed by atoms with Crippen LogP contribution in [0.15, 0.2) is 0 Å². The molecule has 0 bridgehead atoms. The van der Waals surface area contributed by atoms with Gasteiger partial charge in [-0.2, -0.15) is 0 Å². The van der Waals surface area contributed by atoms with Crippen molar-refractivity contribution in [1.29, 1.82) is 0 Å². The van der Waals surface area contributed by atoms with Crippen LogP contribution < -0.4 is 0 Å². The summed E-state index contributed by atoms with van der Waals surface area (Å²) in [6.45, 7) is 6.72. The van der Waals surface area contributed by atoms with Crippen LogP contribution in [-0.2, 0) is 11.2 Å². The molecule has 0 aliphatic rings. The first-order valence-corrected chi connectivity index (χ1v) is 5.46. The molecule has 0 aliphatic heterocycles. The lowest BCUT2D eigenvalue weighted by Crippen LogP contribution is -2.06. The minimum Gasteiger partial charge on any atom is -0.384 e. The van der Waals surface area contributed by atoms with Gasteiger partial charge in [0, 0.05) is 30.7 Å². The van der Waals surface area contributed by atoms with E-state index in [1.807, 2.05) is 6.92 Å². The Bertz CT molecular complexity index is 316. The number of rotatable bonds is 4. The van der Waals surface area contributed by atoms with E-state index in [0.29, 0.717) is 17.7 Å². The molecule has 0 fully saturated rings. The van der Waals surface area contributed by atoms with Crippen molar-refractivity contribution in [3.63, 3.8) is 0 Å². The molecule has 1 aromatic heterocycles. The molecule has 0 unspecified atom stereocenters.